The van der Waals surface area contributed by atoms with Crippen LogP contribution in [0, 0.1) is 0 Å². The first kappa shape index (κ1) is 17.0. The number of carbonyl (C=O) groups excluding carboxylic acids is 1. The van der Waals surface area contributed by atoms with E-state index in [-0.39, 0.29) is 22.0 Å². The van der Waals surface area contributed by atoms with Gasteiger partial charge in [-0.1, -0.05) is 38.6 Å². The van der Waals surface area contributed by atoms with Gasteiger partial charge in [0.15, 0.2) is 5.12 Å². The third kappa shape index (κ3) is 4.51. The topological polar surface area (TPSA) is 77.8 Å². The molecule has 0 saturated carbocycles. The SMILES string of the molecule is CC(=O)SCC(O)C(O)c1ccc(O)c(C(C)(C)C)c1. The average Bonchev–Trinajstić information content (AvgIpc) is 2.34. The van der Waals surface area contributed by atoms with Gasteiger partial charge in [-0.3, -0.25) is 4.79 Å². The Labute approximate surface area is 123 Å². The number of phenolic OH excluding ortho intramolecular Hbond substituents is 1. The Hall–Kier alpha value is -1.04. The number of hydrogen-bond acceptors (Lipinski definition) is 5. The average molecular weight is 298 g/mol. The smallest absolute Gasteiger partial charge is 0.185 e. The number of aliphatic hydroxyl groups excluding tert-OH is 2. The summed E-state index contributed by atoms with van der Waals surface area (Å²) in [5.41, 5.74) is 0.976. The lowest BCUT2D eigenvalue weighted by atomic mass is 9.84. The Morgan fingerprint density at radius 3 is 2.40 bits per heavy atom. The van der Waals surface area contributed by atoms with Gasteiger partial charge in [-0.05, 0) is 28.7 Å². The highest BCUT2D eigenvalue weighted by molar-refractivity contribution is 8.13. The molecule has 112 valence electrons. The minimum atomic E-state index is -1.08. The summed E-state index contributed by atoms with van der Waals surface area (Å²) in [6.07, 6.45) is -2.11. The third-order valence-corrected chi connectivity index (χ3v) is 3.91. The van der Waals surface area contributed by atoms with Gasteiger partial charge in [0, 0.05) is 12.7 Å². The molecule has 0 fully saturated rings. The van der Waals surface area contributed by atoms with E-state index in [9.17, 15) is 20.1 Å². The second kappa shape index (κ2) is 6.61. The van der Waals surface area contributed by atoms with E-state index in [2.05, 4.69) is 0 Å². The highest BCUT2D eigenvalue weighted by Crippen LogP contribution is 2.33. The van der Waals surface area contributed by atoms with Crippen molar-refractivity contribution >= 4 is 16.9 Å². The summed E-state index contributed by atoms with van der Waals surface area (Å²) in [5, 5.41) is 29.8. The van der Waals surface area contributed by atoms with E-state index in [1.54, 1.807) is 12.1 Å². The standard InChI is InChI=1S/C15H22O4S/c1-9(16)20-8-13(18)14(19)10-5-6-12(17)11(7-10)15(2,3)4/h5-7,13-14,17-19H,8H2,1-4H3. The van der Waals surface area contributed by atoms with Gasteiger partial charge in [-0.25, -0.2) is 0 Å². The first-order chi connectivity index (χ1) is 9.12. The summed E-state index contributed by atoms with van der Waals surface area (Å²) in [6, 6.07) is 4.79. The Bertz CT molecular complexity index is 479. The highest BCUT2D eigenvalue weighted by atomic mass is 32.2. The number of benzene rings is 1. The van der Waals surface area contributed by atoms with Gasteiger partial charge in [0.05, 0.1) is 6.10 Å². The van der Waals surface area contributed by atoms with Crippen molar-refractivity contribution in [2.45, 2.75) is 45.3 Å². The van der Waals surface area contributed by atoms with Crippen LogP contribution >= 0.6 is 11.8 Å². The van der Waals surface area contributed by atoms with Crippen molar-refractivity contribution in [3.8, 4) is 5.75 Å². The van der Waals surface area contributed by atoms with Crippen LogP contribution in [-0.2, 0) is 10.2 Å². The van der Waals surface area contributed by atoms with Crippen molar-refractivity contribution in [1.82, 2.24) is 0 Å². The molecule has 2 atom stereocenters. The number of aromatic hydroxyl groups is 1. The zero-order valence-electron chi connectivity index (χ0n) is 12.3. The fourth-order valence-electron chi connectivity index (χ4n) is 1.85. The first-order valence-electron chi connectivity index (χ1n) is 6.46. The maximum Gasteiger partial charge on any atom is 0.185 e. The molecule has 0 aliphatic carbocycles. The van der Waals surface area contributed by atoms with Crippen LogP contribution in [0.4, 0.5) is 0 Å². The fourth-order valence-corrected chi connectivity index (χ4v) is 2.44. The molecule has 1 aromatic carbocycles. The molecule has 1 aromatic rings. The quantitative estimate of drug-likeness (QED) is 0.795. The molecule has 0 spiro atoms. The van der Waals surface area contributed by atoms with Crippen LogP contribution in [0.3, 0.4) is 0 Å². The van der Waals surface area contributed by atoms with Crippen LogP contribution in [0.25, 0.3) is 0 Å². The number of rotatable bonds is 4. The van der Waals surface area contributed by atoms with Crippen molar-refractivity contribution in [1.29, 1.82) is 0 Å². The summed E-state index contributed by atoms with van der Waals surface area (Å²) in [4.78, 5) is 10.9. The van der Waals surface area contributed by atoms with Crippen molar-refractivity contribution in [2.75, 3.05) is 5.75 Å². The van der Waals surface area contributed by atoms with Gasteiger partial charge in [0.2, 0.25) is 0 Å². The van der Waals surface area contributed by atoms with Crippen molar-refractivity contribution in [2.24, 2.45) is 0 Å². The molecule has 0 radical (unpaired) electrons. The summed E-state index contributed by atoms with van der Waals surface area (Å²) in [7, 11) is 0. The lowest BCUT2D eigenvalue weighted by Crippen LogP contribution is -2.22. The molecule has 0 saturated heterocycles. The summed E-state index contributed by atoms with van der Waals surface area (Å²) in [6.45, 7) is 7.29. The monoisotopic (exact) mass is 298 g/mol. The number of hydrogen-bond donors (Lipinski definition) is 3. The molecular formula is C15H22O4S. The van der Waals surface area contributed by atoms with Crippen LogP contribution in [-0.4, -0.2) is 32.3 Å². The largest absolute Gasteiger partial charge is 0.508 e. The maximum atomic E-state index is 10.9. The van der Waals surface area contributed by atoms with Crippen LogP contribution in [0.15, 0.2) is 18.2 Å². The Morgan fingerprint density at radius 2 is 1.90 bits per heavy atom. The molecule has 0 bridgehead atoms. The second-order valence-corrected chi connectivity index (χ2v) is 7.04. The number of phenols is 1. The maximum absolute atomic E-state index is 10.9. The molecule has 0 aromatic heterocycles. The molecule has 0 amide bonds. The second-order valence-electron chi connectivity index (χ2n) is 5.84. The lowest BCUT2D eigenvalue weighted by molar-refractivity contribution is -0.109. The van der Waals surface area contributed by atoms with Gasteiger partial charge in [0.25, 0.3) is 0 Å². The molecule has 2 unspecified atom stereocenters. The molecule has 0 aliphatic heterocycles. The third-order valence-electron chi connectivity index (χ3n) is 2.99. The van der Waals surface area contributed by atoms with E-state index >= 15 is 0 Å². The van der Waals surface area contributed by atoms with E-state index < -0.39 is 12.2 Å². The highest BCUT2D eigenvalue weighted by Gasteiger charge is 2.23. The van der Waals surface area contributed by atoms with Crippen LogP contribution in [0.5, 0.6) is 5.75 Å². The van der Waals surface area contributed by atoms with Crippen molar-refractivity contribution in [3.63, 3.8) is 0 Å². The van der Waals surface area contributed by atoms with Gasteiger partial charge in [-0.2, -0.15) is 0 Å². The number of aliphatic hydroxyl groups is 2. The van der Waals surface area contributed by atoms with E-state index in [0.29, 0.717) is 11.1 Å². The van der Waals surface area contributed by atoms with Gasteiger partial charge >= 0.3 is 0 Å². The molecule has 4 nitrogen and oxygen atoms in total. The molecule has 0 aliphatic rings. The fraction of sp³-hybridized carbons (Fsp3) is 0.533. The Morgan fingerprint density at radius 1 is 1.30 bits per heavy atom. The van der Waals surface area contributed by atoms with Gasteiger partial charge in [-0.15, -0.1) is 0 Å². The summed E-state index contributed by atoms with van der Waals surface area (Å²) in [5.74, 6) is 0.309. The Kier molecular flexibility index (Phi) is 5.62. The molecule has 20 heavy (non-hydrogen) atoms. The number of carbonyl (C=O) groups is 1. The van der Waals surface area contributed by atoms with Crippen molar-refractivity contribution in [3.05, 3.63) is 29.3 Å². The van der Waals surface area contributed by atoms with E-state index in [1.165, 1.54) is 13.0 Å². The molecule has 0 heterocycles. The van der Waals surface area contributed by atoms with Gasteiger partial charge < -0.3 is 15.3 Å². The minimum absolute atomic E-state index is 0.0997. The predicted octanol–water partition coefficient (Wildman–Crippen LogP) is 2.36. The van der Waals surface area contributed by atoms with E-state index in [4.69, 9.17) is 0 Å². The lowest BCUT2D eigenvalue weighted by Gasteiger charge is -2.23. The van der Waals surface area contributed by atoms with Crippen LogP contribution in [0.2, 0.25) is 0 Å². The predicted molar refractivity (Wildman–Crippen MR) is 80.9 cm³/mol. The summed E-state index contributed by atoms with van der Waals surface area (Å²) >= 11 is 0.977. The van der Waals surface area contributed by atoms with E-state index in [1.807, 2.05) is 20.8 Å². The zero-order chi connectivity index (χ0) is 15.5. The zero-order valence-corrected chi connectivity index (χ0v) is 13.1. The minimum Gasteiger partial charge on any atom is -0.508 e. The number of thioether (sulfide) groups is 1. The van der Waals surface area contributed by atoms with Gasteiger partial charge in [0.1, 0.15) is 11.9 Å². The van der Waals surface area contributed by atoms with E-state index in [0.717, 1.165) is 11.8 Å². The normalized spacial score (nSPS) is 14.9. The van der Waals surface area contributed by atoms with Crippen LogP contribution in [0.1, 0.15) is 44.9 Å². The van der Waals surface area contributed by atoms with Crippen molar-refractivity contribution < 1.29 is 20.1 Å². The molecule has 1 rings (SSSR count). The Balaban J connectivity index is 2.94. The molecule has 3 N–H and O–H groups in total. The molecular weight excluding hydrogens is 276 g/mol. The molecule has 5 heteroatoms. The van der Waals surface area contributed by atoms with Crippen LogP contribution < -0.4 is 0 Å². The summed E-state index contributed by atoms with van der Waals surface area (Å²) < 4.78 is 0. The first-order valence-corrected chi connectivity index (χ1v) is 7.44.